The summed E-state index contributed by atoms with van der Waals surface area (Å²) in [5.74, 6) is 0.647. The van der Waals surface area contributed by atoms with Crippen molar-refractivity contribution in [3.05, 3.63) is 231 Å². The van der Waals surface area contributed by atoms with Crippen LogP contribution in [0.1, 0.15) is 0 Å². The molecule has 0 saturated heterocycles. The van der Waals surface area contributed by atoms with Crippen molar-refractivity contribution in [3.8, 4) is 67.5 Å². The van der Waals surface area contributed by atoms with Crippen LogP contribution in [0, 0.1) is 0 Å². The highest BCUT2D eigenvalue weighted by Gasteiger charge is 2.25. The minimum absolute atomic E-state index is 0.647. The summed E-state index contributed by atoms with van der Waals surface area (Å²) in [6.07, 6.45) is 0. The van der Waals surface area contributed by atoms with Gasteiger partial charge in [-0.15, -0.1) is 0 Å². The van der Waals surface area contributed by atoms with E-state index in [9.17, 15) is 0 Å². The first-order chi connectivity index (χ1) is 30.8. The number of rotatable bonds is 7. The van der Waals surface area contributed by atoms with E-state index in [4.69, 9.17) is 9.97 Å². The van der Waals surface area contributed by atoms with Gasteiger partial charge in [0.1, 0.15) is 0 Å². The SMILES string of the molecule is c1ccc(-c2cc(-c3c(-c4ccccc4)cccc3-n3c4ccccc4c4ccccc43)nc(-c3c(-c4ccccc4)cccc3-n3c4ccccc4c4ccccc43)n2)cc1. The van der Waals surface area contributed by atoms with Crippen molar-refractivity contribution in [1.29, 1.82) is 0 Å². The second kappa shape index (κ2) is 14.7. The molecule has 290 valence electrons. The van der Waals surface area contributed by atoms with E-state index in [1.54, 1.807) is 0 Å². The van der Waals surface area contributed by atoms with Gasteiger partial charge < -0.3 is 9.13 Å². The number of nitrogens with zero attached hydrogens (tertiary/aromatic N) is 4. The maximum Gasteiger partial charge on any atom is 0.163 e. The van der Waals surface area contributed by atoms with E-state index in [1.807, 2.05) is 0 Å². The van der Waals surface area contributed by atoms with Gasteiger partial charge in [0.05, 0.1) is 50.4 Å². The van der Waals surface area contributed by atoms with E-state index in [1.165, 1.54) is 21.5 Å². The van der Waals surface area contributed by atoms with Crippen LogP contribution in [0.15, 0.2) is 231 Å². The number of fused-ring (bicyclic) bond motifs is 6. The topological polar surface area (TPSA) is 35.6 Å². The highest BCUT2D eigenvalue weighted by molar-refractivity contribution is 6.11. The zero-order valence-electron chi connectivity index (χ0n) is 33.7. The number of hydrogen-bond acceptors (Lipinski definition) is 2. The molecule has 0 bridgehead atoms. The predicted molar refractivity (Wildman–Crippen MR) is 258 cm³/mol. The van der Waals surface area contributed by atoms with Gasteiger partial charge >= 0.3 is 0 Å². The molecule has 12 aromatic rings. The van der Waals surface area contributed by atoms with Gasteiger partial charge in [0.15, 0.2) is 5.82 Å². The quantitative estimate of drug-likeness (QED) is 0.161. The lowest BCUT2D eigenvalue weighted by atomic mass is 9.93. The second-order valence-electron chi connectivity index (χ2n) is 15.7. The Hall–Kier alpha value is -8.34. The summed E-state index contributed by atoms with van der Waals surface area (Å²) >= 11 is 0. The minimum atomic E-state index is 0.647. The molecule has 0 aliphatic carbocycles. The summed E-state index contributed by atoms with van der Waals surface area (Å²) in [6, 6.07) is 82.1. The Kier molecular flexibility index (Phi) is 8.46. The molecule has 3 aromatic heterocycles. The Morgan fingerprint density at radius 2 is 0.629 bits per heavy atom. The Morgan fingerprint density at radius 3 is 1.08 bits per heavy atom. The van der Waals surface area contributed by atoms with E-state index >= 15 is 0 Å². The molecule has 3 heterocycles. The van der Waals surface area contributed by atoms with Crippen molar-refractivity contribution in [1.82, 2.24) is 19.1 Å². The molecule has 0 aliphatic rings. The molecule has 0 unspecified atom stereocenters. The Bertz CT molecular complexity index is 3300. The standard InChI is InChI=1S/C58H38N4/c1-4-20-39(21-5-1)42-30-18-36-54(61-50-32-14-10-26-44(50)45-27-11-15-33-51(45)61)56(42)49-38-48(41-24-8-3-9-25-41)59-58(60-49)57-43(40-22-6-2-7-23-40)31-19-37-55(57)62-52-34-16-12-28-46(52)47-29-13-17-35-53(47)62/h1-38H. The molecule has 12 rings (SSSR count). The van der Waals surface area contributed by atoms with Crippen LogP contribution in [0.4, 0.5) is 0 Å². The average molecular weight is 791 g/mol. The predicted octanol–water partition coefficient (Wildman–Crippen LogP) is 15.0. The molecular formula is C58H38N4. The highest BCUT2D eigenvalue weighted by atomic mass is 15.0. The monoisotopic (exact) mass is 790 g/mol. The Labute approximate surface area is 359 Å². The Balaban J connectivity index is 1.23. The normalized spacial score (nSPS) is 11.5. The second-order valence-corrected chi connectivity index (χ2v) is 15.7. The van der Waals surface area contributed by atoms with Crippen LogP contribution in [-0.2, 0) is 0 Å². The van der Waals surface area contributed by atoms with E-state index in [-0.39, 0.29) is 0 Å². The van der Waals surface area contributed by atoms with E-state index in [0.29, 0.717) is 5.82 Å². The van der Waals surface area contributed by atoms with Gasteiger partial charge in [0.2, 0.25) is 0 Å². The summed E-state index contributed by atoms with van der Waals surface area (Å²) in [6.45, 7) is 0. The Morgan fingerprint density at radius 1 is 0.274 bits per heavy atom. The van der Waals surface area contributed by atoms with Gasteiger partial charge in [0.25, 0.3) is 0 Å². The number of benzene rings is 9. The fourth-order valence-corrected chi connectivity index (χ4v) is 9.48. The first kappa shape index (κ1) is 35.6. The van der Waals surface area contributed by atoms with Crippen LogP contribution in [0.3, 0.4) is 0 Å². The number of aromatic nitrogens is 4. The zero-order valence-corrected chi connectivity index (χ0v) is 33.7. The third-order valence-corrected chi connectivity index (χ3v) is 12.2. The van der Waals surface area contributed by atoms with Crippen LogP contribution in [-0.4, -0.2) is 19.1 Å². The summed E-state index contributed by atoms with van der Waals surface area (Å²) in [5.41, 5.74) is 15.6. The van der Waals surface area contributed by atoms with Gasteiger partial charge in [-0.2, -0.15) is 0 Å². The summed E-state index contributed by atoms with van der Waals surface area (Å²) in [4.78, 5) is 11.4. The molecule has 4 heteroatoms. The number of hydrogen-bond donors (Lipinski definition) is 0. The van der Waals surface area contributed by atoms with Gasteiger partial charge in [-0.1, -0.05) is 188 Å². The smallest absolute Gasteiger partial charge is 0.163 e. The molecule has 0 saturated carbocycles. The molecule has 0 N–H and O–H groups in total. The summed E-state index contributed by atoms with van der Waals surface area (Å²) in [5, 5.41) is 4.82. The maximum absolute atomic E-state index is 5.80. The third-order valence-electron chi connectivity index (χ3n) is 12.2. The molecule has 4 nitrogen and oxygen atoms in total. The van der Waals surface area contributed by atoms with Crippen molar-refractivity contribution in [2.75, 3.05) is 0 Å². The van der Waals surface area contributed by atoms with E-state index in [0.717, 1.165) is 83.8 Å². The summed E-state index contributed by atoms with van der Waals surface area (Å²) < 4.78 is 4.81. The zero-order chi connectivity index (χ0) is 41.0. The van der Waals surface area contributed by atoms with Crippen molar-refractivity contribution in [3.63, 3.8) is 0 Å². The lowest BCUT2D eigenvalue weighted by Crippen LogP contribution is -2.05. The number of para-hydroxylation sites is 4. The van der Waals surface area contributed by atoms with Crippen molar-refractivity contribution in [2.24, 2.45) is 0 Å². The molecular weight excluding hydrogens is 753 g/mol. The van der Waals surface area contributed by atoms with Crippen molar-refractivity contribution >= 4 is 43.6 Å². The van der Waals surface area contributed by atoms with E-state index < -0.39 is 0 Å². The van der Waals surface area contributed by atoms with Gasteiger partial charge in [-0.05, 0) is 64.7 Å². The molecule has 0 spiro atoms. The third kappa shape index (κ3) is 5.76. The molecule has 0 fully saturated rings. The average Bonchev–Trinajstić information content (AvgIpc) is 3.87. The largest absolute Gasteiger partial charge is 0.309 e. The van der Waals surface area contributed by atoms with Crippen LogP contribution >= 0.6 is 0 Å². The molecule has 62 heavy (non-hydrogen) atoms. The van der Waals surface area contributed by atoms with Crippen LogP contribution in [0.2, 0.25) is 0 Å². The van der Waals surface area contributed by atoms with Gasteiger partial charge in [-0.25, -0.2) is 9.97 Å². The van der Waals surface area contributed by atoms with Crippen molar-refractivity contribution in [2.45, 2.75) is 0 Å². The minimum Gasteiger partial charge on any atom is -0.309 e. The fraction of sp³-hybridized carbons (Fsp3) is 0. The summed E-state index contributed by atoms with van der Waals surface area (Å²) in [7, 11) is 0. The van der Waals surface area contributed by atoms with Crippen LogP contribution in [0.25, 0.3) is 111 Å². The first-order valence-corrected chi connectivity index (χ1v) is 21.1. The lowest BCUT2D eigenvalue weighted by molar-refractivity contribution is 1.13. The highest BCUT2D eigenvalue weighted by Crippen LogP contribution is 2.44. The molecule has 0 atom stereocenters. The first-order valence-electron chi connectivity index (χ1n) is 21.1. The van der Waals surface area contributed by atoms with Crippen LogP contribution < -0.4 is 0 Å². The maximum atomic E-state index is 5.80. The molecule has 9 aromatic carbocycles. The fourth-order valence-electron chi connectivity index (χ4n) is 9.48. The van der Waals surface area contributed by atoms with Gasteiger partial charge in [0, 0.05) is 32.7 Å². The molecule has 0 radical (unpaired) electrons. The molecule has 0 aliphatic heterocycles. The lowest BCUT2D eigenvalue weighted by Gasteiger charge is -2.21. The molecule has 0 amide bonds. The van der Waals surface area contributed by atoms with Gasteiger partial charge in [-0.3, -0.25) is 0 Å². The van der Waals surface area contributed by atoms with Crippen molar-refractivity contribution < 1.29 is 0 Å². The van der Waals surface area contributed by atoms with Crippen LogP contribution in [0.5, 0.6) is 0 Å². The van der Waals surface area contributed by atoms with E-state index in [2.05, 4.69) is 240 Å².